The van der Waals surface area contributed by atoms with Crippen molar-refractivity contribution >= 4 is 9.84 Å². The smallest absolute Gasteiger partial charge is 0.180 e. The van der Waals surface area contributed by atoms with Gasteiger partial charge in [-0.15, -0.1) is 0 Å². The van der Waals surface area contributed by atoms with E-state index in [1.54, 1.807) is 12.1 Å². The van der Waals surface area contributed by atoms with Crippen LogP contribution in [0.2, 0.25) is 0 Å². The lowest BCUT2D eigenvalue weighted by Gasteiger charge is -2.34. The average molecular weight is 343 g/mol. The molecule has 0 spiro atoms. The van der Waals surface area contributed by atoms with Crippen LogP contribution < -0.4 is 0 Å². The minimum Gasteiger partial charge on any atom is -0.295 e. The van der Waals surface area contributed by atoms with Gasteiger partial charge >= 0.3 is 0 Å². The third kappa shape index (κ3) is 4.05. The van der Waals surface area contributed by atoms with Gasteiger partial charge in [-0.2, -0.15) is 0 Å². The van der Waals surface area contributed by atoms with Crippen LogP contribution >= 0.6 is 0 Å². The molecule has 1 fully saturated rings. The van der Waals surface area contributed by atoms with Crippen molar-refractivity contribution in [2.75, 3.05) is 18.8 Å². The molecule has 3 nitrogen and oxygen atoms in total. The molecule has 1 aliphatic rings. The van der Waals surface area contributed by atoms with Crippen LogP contribution in [0.15, 0.2) is 59.5 Å². The molecule has 0 aliphatic carbocycles. The molecule has 0 radical (unpaired) electrons. The van der Waals surface area contributed by atoms with Crippen LogP contribution in [0.3, 0.4) is 0 Å². The second kappa shape index (κ2) is 7.49. The van der Waals surface area contributed by atoms with Gasteiger partial charge in [-0.3, -0.25) is 4.90 Å². The Morgan fingerprint density at radius 1 is 0.917 bits per heavy atom. The third-order valence-corrected chi connectivity index (χ3v) is 6.52. The average Bonchev–Trinajstić information content (AvgIpc) is 2.62. The van der Waals surface area contributed by atoms with Gasteiger partial charge in [0.2, 0.25) is 0 Å². The van der Waals surface area contributed by atoms with Crippen molar-refractivity contribution in [3.63, 3.8) is 0 Å². The van der Waals surface area contributed by atoms with Gasteiger partial charge in [-0.25, -0.2) is 8.42 Å². The third-order valence-electron chi connectivity index (χ3n) is 4.77. The molecular weight excluding hydrogens is 318 g/mol. The maximum Gasteiger partial charge on any atom is 0.180 e. The predicted octanol–water partition coefficient (Wildman–Crippen LogP) is 4.00. The zero-order valence-corrected chi connectivity index (χ0v) is 15.0. The molecule has 24 heavy (non-hydrogen) atoms. The molecule has 4 heteroatoms. The number of likely N-dealkylation sites (tertiary alicyclic amines) is 1. The number of aryl methyl sites for hydroxylation is 1. The summed E-state index contributed by atoms with van der Waals surface area (Å²) < 4.78 is 25.9. The van der Waals surface area contributed by atoms with Crippen molar-refractivity contribution in [3.05, 3.63) is 65.7 Å². The van der Waals surface area contributed by atoms with Crippen molar-refractivity contribution in [1.29, 1.82) is 0 Å². The lowest BCUT2D eigenvalue weighted by molar-refractivity contribution is 0.176. The first-order chi connectivity index (χ1) is 11.6. The van der Waals surface area contributed by atoms with Gasteiger partial charge in [0, 0.05) is 6.04 Å². The second-order valence-corrected chi connectivity index (χ2v) is 8.65. The zero-order chi connectivity index (χ0) is 17.0. The molecule has 3 rings (SSSR count). The molecule has 1 aliphatic heterocycles. The summed E-state index contributed by atoms with van der Waals surface area (Å²) in [4.78, 5) is 2.76. The van der Waals surface area contributed by atoms with E-state index in [2.05, 4.69) is 4.90 Å². The highest BCUT2D eigenvalue weighted by molar-refractivity contribution is 7.91. The summed E-state index contributed by atoms with van der Waals surface area (Å²) in [6.07, 6.45) is 3.53. The van der Waals surface area contributed by atoms with Crippen molar-refractivity contribution in [2.24, 2.45) is 0 Å². The normalized spacial score (nSPS) is 17.5. The Morgan fingerprint density at radius 2 is 1.54 bits per heavy atom. The highest BCUT2D eigenvalue weighted by atomic mass is 32.2. The zero-order valence-electron chi connectivity index (χ0n) is 14.2. The van der Waals surface area contributed by atoms with Crippen LogP contribution in [0.1, 0.15) is 36.4 Å². The Bertz CT molecular complexity index is 748. The van der Waals surface area contributed by atoms with Gasteiger partial charge in [0.05, 0.1) is 10.6 Å². The summed E-state index contributed by atoms with van der Waals surface area (Å²) >= 11 is 0. The van der Waals surface area contributed by atoms with Crippen molar-refractivity contribution < 1.29 is 8.42 Å². The summed E-state index contributed by atoms with van der Waals surface area (Å²) in [5, 5.41) is 0. The minimum absolute atomic E-state index is 0.0715. The summed E-state index contributed by atoms with van der Waals surface area (Å²) in [7, 11) is -3.32. The Labute approximate surface area is 145 Å². The molecule has 2 aromatic rings. The summed E-state index contributed by atoms with van der Waals surface area (Å²) in [5.41, 5.74) is 2.17. The lowest BCUT2D eigenvalue weighted by atomic mass is 10.0. The van der Waals surface area contributed by atoms with Crippen molar-refractivity contribution in [1.82, 2.24) is 4.90 Å². The van der Waals surface area contributed by atoms with E-state index >= 15 is 0 Å². The van der Waals surface area contributed by atoms with E-state index in [4.69, 9.17) is 0 Å². The largest absolute Gasteiger partial charge is 0.295 e. The number of sulfone groups is 1. The number of benzene rings is 2. The van der Waals surface area contributed by atoms with Gasteiger partial charge in [0.25, 0.3) is 0 Å². The van der Waals surface area contributed by atoms with E-state index in [0.29, 0.717) is 4.90 Å². The first kappa shape index (κ1) is 17.2. The van der Waals surface area contributed by atoms with E-state index in [0.717, 1.165) is 37.1 Å². The van der Waals surface area contributed by atoms with Gasteiger partial charge in [-0.1, -0.05) is 54.4 Å². The number of nitrogens with zero attached hydrogens (tertiary/aromatic N) is 1. The van der Waals surface area contributed by atoms with Crippen LogP contribution in [0, 0.1) is 6.92 Å². The minimum atomic E-state index is -3.32. The first-order valence-electron chi connectivity index (χ1n) is 8.65. The van der Waals surface area contributed by atoms with E-state index in [1.807, 2.05) is 49.4 Å². The first-order valence-corrected chi connectivity index (χ1v) is 10.3. The number of hydrogen-bond donors (Lipinski definition) is 0. The SMILES string of the molecule is Cc1ccc(S(=O)(=O)C[C@@H](c2ccccc2)N2CCCCC2)cc1. The molecule has 1 saturated heterocycles. The molecule has 1 atom stereocenters. The fourth-order valence-electron chi connectivity index (χ4n) is 3.37. The standard InChI is InChI=1S/C20H25NO2S/c1-17-10-12-19(13-11-17)24(22,23)16-20(18-8-4-2-5-9-18)21-14-6-3-7-15-21/h2,4-5,8-13,20H,3,6-7,14-16H2,1H3/t20-/m0/s1. The fourth-order valence-corrected chi connectivity index (χ4v) is 4.93. The lowest BCUT2D eigenvalue weighted by Crippen LogP contribution is -2.37. The molecular formula is C20H25NO2S. The van der Waals surface area contributed by atoms with E-state index < -0.39 is 9.84 Å². The molecule has 0 bridgehead atoms. The van der Waals surface area contributed by atoms with Crippen LogP contribution in [0.5, 0.6) is 0 Å². The van der Waals surface area contributed by atoms with E-state index in [9.17, 15) is 8.42 Å². The van der Waals surface area contributed by atoms with Gasteiger partial charge in [0.15, 0.2) is 9.84 Å². The molecule has 2 aromatic carbocycles. The van der Waals surface area contributed by atoms with E-state index in [1.165, 1.54) is 6.42 Å². The van der Waals surface area contributed by atoms with Gasteiger partial charge in [-0.05, 0) is 50.6 Å². The van der Waals surface area contributed by atoms with Crippen LogP contribution in [0.25, 0.3) is 0 Å². The highest BCUT2D eigenvalue weighted by Crippen LogP contribution is 2.28. The summed E-state index contributed by atoms with van der Waals surface area (Å²) in [6, 6.07) is 17.2. The fraction of sp³-hybridized carbons (Fsp3) is 0.400. The monoisotopic (exact) mass is 343 g/mol. The maximum atomic E-state index is 12.9. The molecule has 0 amide bonds. The quantitative estimate of drug-likeness (QED) is 0.823. The second-order valence-electron chi connectivity index (χ2n) is 6.62. The van der Waals surface area contributed by atoms with Gasteiger partial charge in [0.1, 0.15) is 0 Å². The topological polar surface area (TPSA) is 37.4 Å². The molecule has 0 N–H and O–H groups in total. The highest BCUT2D eigenvalue weighted by Gasteiger charge is 2.28. The van der Waals surface area contributed by atoms with E-state index in [-0.39, 0.29) is 11.8 Å². The van der Waals surface area contributed by atoms with Crippen LogP contribution in [-0.2, 0) is 9.84 Å². The van der Waals surface area contributed by atoms with Gasteiger partial charge < -0.3 is 0 Å². The summed E-state index contributed by atoms with van der Waals surface area (Å²) in [6.45, 7) is 3.92. The Hall–Kier alpha value is -1.65. The maximum absolute atomic E-state index is 12.9. The number of piperidine rings is 1. The Morgan fingerprint density at radius 3 is 2.17 bits per heavy atom. The van der Waals surface area contributed by atoms with Crippen molar-refractivity contribution in [2.45, 2.75) is 37.1 Å². The van der Waals surface area contributed by atoms with Crippen LogP contribution in [-0.4, -0.2) is 32.2 Å². The molecule has 1 heterocycles. The summed E-state index contributed by atoms with van der Waals surface area (Å²) in [5.74, 6) is 0.139. The van der Waals surface area contributed by atoms with Crippen molar-refractivity contribution in [3.8, 4) is 0 Å². The molecule has 0 saturated carbocycles. The van der Waals surface area contributed by atoms with Crippen LogP contribution in [0.4, 0.5) is 0 Å². The Kier molecular flexibility index (Phi) is 5.36. The molecule has 0 unspecified atom stereocenters. The predicted molar refractivity (Wildman–Crippen MR) is 97.8 cm³/mol. The molecule has 128 valence electrons. The number of hydrogen-bond acceptors (Lipinski definition) is 3. The Balaban J connectivity index is 1.89. The molecule has 0 aromatic heterocycles. The number of rotatable bonds is 5.